The topological polar surface area (TPSA) is 103 Å². The fourth-order valence-corrected chi connectivity index (χ4v) is 5.95. The zero-order chi connectivity index (χ0) is 22.9. The smallest absolute Gasteiger partial charge is 0.309 e. The zero-order valence-corrected chi connectivity index (χ0v) is 18.3. The Morgan fingerprint density at radius 1 is 0.938 bits per heavy atom. The second-order valence-corrected chi connectivity index (χ2v) is 10.1. The van der Waals surface area contributed by atoms with E-state index in [0.29, 0.717) is 17.9 Å². The molecule has 5 rings (SSSR count). The van der Waals surface area contributed by atoms with Gasteiger partial charge in [0.05, 0.1) is 22.1 Å². The van der Waals surface area contributed by atoms with Gasteiger partial charge in [-0.2, -0.15) is 0 Å². The van der Waals surface area contributed by atoms with Gasteiger partial charge in [0.1, 0.15) is 5.82 Å². The highest BCUT2D eigenvalue weighted by molar-refractivity contribution is 6.20. The van der Waals surface area contributed by atoms with Crippen LogP contribution < -0.4 is 4.90 Å². The molecular formula is C25H25N3O4. The minimum absolute atomic E-state index is 0.213. The average molecular weight is 431 g/mol. The molecule has 1 unspecified atom stereocenters. The van der Waals surface area contributed by atoms with E-state index in [4.69, 9.17) is 0 Å². The minimum Gasteiger partial charge on any atom is -0.481 e. The van der Waals surface area contributed by atoms with Crippen molar-refractivity contribution in [1.82, 2.24) is 9.97 Å². The van der Waals surface area contributed by atoms with Gasteiger partial charge in [0, 0.05) is 16.4 Å². The van der Waals surface area contributed by atoms with Gasteiger partial charge in [-0.3, -0.25) is 14.4 Å². The third kappa shape index (κ3) is 2.87. The number of nitrogens with zero attached hydrogens (tertiary/aromatic N) is 2. The number of para-hydroxylation sites is 2. The predicted molar refractivity (Wildman–Crippen MR) is 120 cm³/mol. The van der Waals surface area contributed by atoms with E-state index >= 15 is 0 Å². The number of rotatable bonds is 3. The van der Waals surface area contributed by atoms with Crippen molar-refractivity contribution < 1.29 is 19.5 Å². The molecule has 3 atom stereocenters. The average Bonchev–Trinajstić information content (AvgIpc) is 3.17. The number of carbonyl (C=O) groups excluding carboxylic acids is 2. The number of aromatic amines is 1. The molecule has 7 heteroatoms. The number of nitrogens with one attached hydrogen (secondary N) is 1. The molecule has 2 bridgehead atoms. The van der Waals surface area contributed by atoms with Crippen molar-refractivity contribution in [3.05, 3.63) is 48.5 Å². The molecule has 1 saturated carbocycles. The SMILES string of the molecule is CC1(C(=O)O)C[C@@]2(C)C[C@@](C)(C1)C(=O)N(c1ccc(-c3nc4ccccc4[nH]3)cc1)C2=O. The van der Waals surface area contributed by atoms with E-state index in [2.05, 4.69) is 9.97 Å². The molecule has 2 amide bonds. The van der Waals surface area contributed by atoms with E-state index in [1.54, 1.807) is 32.9 Å². The highest BCUT2D eigenvalue weighted by Crippen LogP contribution is 2.59. The maximum Gasteiger partial charge on any atom is 0.309 e. The molecule has 2 heterocycles. The lowest BCUT2D eigenvalue weighted by molar-refractivity contribution is -0.167. The Labute approximate surface area is 185 Å². The van der Waals surface area contributed by atoms with Crippen molar-refractivity contribution in [2.75, 3.05) is 4.90 Å². The van der Waals surface area contributed by atoms with E-state index in [-0.39, 0.29) is 24.7 Å². The molecule has 1 aliphatic heterocycles. The molecule has 3 aromatic rings. The molecule has 2 N–H and O–H groups in total. The molecule has 1 saturated heterocycles. The first kappa shape index (κ1) is 20.4. The molecule has 2 aromatic carbocycles. The molecule has 0 radical (unpaired) electrons. The zero-order valence-electron chi connectivity index (χ0n) is 18.3. The quantitative estimate of drug-likeness (QED) is 0.599. The lowest BCUT2D eigenvalue weighted by Crippen LogP contribution is -2.64. The van der Waals surface area contributed by atoms with Crippen LogP contribution in [0.15, 0.2) is 48.5 Å². The van der Waals surface area contributed by atoms with Crippen LogP contribution in [0, 0.1) is 16.2 Å². The lowest BCUT2D eigenvalue weighted by atomic mass is 9.52. The summed E-state index contributed by atoms with van der Waals surface area (Å²) in [6.45, 7) is 5.22. The van der Waals surface area contributed by atoms with Crippen molar-refractivity contribution in [3.8, 4) is 11.4 Å². The Bertz CT molecular complexity index is 1210. The number of hydrogen-bond donors (Lipinski definition) is 2. The van der Waals surface area contributed by atoms with Gasteiger partial charge in [-0.25, -0.2) is 9.88 Å². The van der Waals surface area contributed by atoms with E-state index in [0.717, 1.165) is 16.6 Å². The predicted octanol–water partition coefficient (Wildman–Crippen LogP) is 4.39. The van der Waals surface area contributed by atoms with Crippen LogP contribution in [0.4, 0.5) is 5.69 Å². The Hall–Kier alpha value is -3.48. The summed E-state index contributed by atoms with van der Waals surface area (Å²) in [7, 11) is 0. The molecule has 1 aliphatic carbocycles. The van der Waals surface area contributed by atoms with Crippen molar-refractivity contribution in [2.45, 2.75) is 40.0 Å². The highest BCUT2D eigenvalue weighted by atomic mass is 16.4. The van der Waals surface area contributed by atoms with Crippen LogP contribution >= 0.6 is 0 Å². The van der Waals surface area contributed by atoms with Crippen LogP contribution in [0.1, 0.15) is 40.0 Å². The van der Waals surface area contributed by atoms with Gasteiger partial charge >= 0.3 is 5.97 Å². The van der Waals surface area contributed by atoms with E-state index in [1.807, 2.05) is 36.4 Å². The van der Waals surface area contributed by atoms with Crippen LogP contribution in [0.2, 0.25) is 0 Å². The van der Waals surface area contributed by atoms with E-state index in [9.17, 15) is 19.5 Å². The normalized spacial score (nSPS) is 30.0. The molecule has 2 aliphatic rings. The maximum atomic E-state index is 13.5. The van der Waals surface area contributed by atoms with Gasteiger partial charge in [-0.1, -0.05) is 26.0 Å². The monoisotopic (exact) mass is 431 g/mol. The van der Waals surface area contributed by atoms with Crippen LogP contribution in [0.3, 0.4) is 0 Å². The van der Waals surface area contributed by atoms with Crippen molar-refractivity contribution in [1.29, 1.82) is 0 Å². The third-order valence-electron chi connectivity index (χ3n) is 7.08. The molecule has 164 valence electrons. The standard InChI is InChI=1S/C25H25N3O4/c1-23-12-24(2,14-25(3,13-23)22(31)32)21(30)28(20(23)29)16-10-8-15(9-11-16)19-26-17-6-4-5-7-18(17)27-19/h4-11H,12-14H2,1-3H3,(H,26,27)(H,31,32)/t23-,24+,25?. The summed E-state index contributed by atoms with van der Waals surface area (Å²) >= 11 is 0. The van der Waals surface area contributed by atoms with Gasteiger partial charge in [0.2, 0.25) is 11.8 Å². The Kier molecular flexibility index (Phi) is 4.16. The Morgan fingerprint density at radius 2 is 1.53 bits per heavy atom. The van der Waals surface area contributed by atoms with E-state index in [1.165, 1.54) is 4.90 Å². The third-order valence-corrected chi connectivity index (χ3v) is 7.08. The fraction of sp³-hybridized carbons (Fsp3) is 0.360. The Balaban J connectivity index is 1.50. The number of hydrogen-bond acceptors (Lipinski definition) is 4. The van der Waals surface area contributed by atoms with Crippen molar-refractivity contribution >= 4 is 34.5 Å². The molecule has 2 fully saturated rings. The van der Waals surface area contributed by atoms with Crippen LogP contribution in [0.5, 0.6) is 0 Å². The number of piperidine rings is 1. The number of imide groups is 1. The number of carboxylic acid groups (broad SMARTS) is 1. The first-order chi connectivity index (χ1) is 15.0. The first-order valence-electron chi connectivity index (χ1n) is 10.7. The lowest BCUT2D eigenvalue weighted by Gasteiger charge is -2.55. The molecular weight excluding hydrogens is 406 g/mol. The van der Waals surface area contributed by atoms with Crippen LogP contribution in [0.25, 0.3) is 22.4 Å². The van der Waals surface area contributed by atoms with Gasteiger partial charge in [0.15, 0.2) is 0 Å². The second-order valence-electron chi connectivity index (χ2n) is 10.1. The van der Waals surface area contributed by atoms with Gasteiger partial charge in [0.25, 0.3) is 0 Å². The van der Waals surface area contributed by atoms with Gasteiger partial charge in [-0.05, 0) is 62.6 Å². The summed E-state index contributed by atoms with van der Waals surface area (Å²) in [4.78, 5) is 48.1. The molecule has 7 nitrogen and oxygen atoms in total. The van der Waals surface area contributed by atoms with Crippen molar-refractivity contribution in [2.24, 2.45) is 16.2 Å². The molecule has 32 heavy (non-hydrogen) atoms. The fourth-order valence-electron chi connectivity index (χ4n) is 5.95. The number of anilines is 1. The highest BCUT2D eigenvalue weighted by Gasteiger charge is 2.63. The number of benzene rings is 2. The Morgan fingerprint density at radius 3 is 2.09 bits per heavy atom. The van der Waals surface area contributed by atoms with Gasteiger partial charge in [-0.15, -0.1) is 0 Å². The first-order valence-corrected chi connectivity index (χ1v) is 10.7. The number of H-pyrrole nitrogens is 1. The van der Waals surface area contributed by atoms with Gasteiger partial charge < -0.3 is 10.1 Å². The largest absolute Gasteiger partial charge is 0.481 e. The number of aromatic nitrogens is 2. The summed E-state index contributed by atoms with van der Waals surface area (Å²) in [6, 6.07) is 14.9. The number of carboxylic acids is 1. The molecule has 0 spiro atoms. The summed E-state index contributed by atoms with van der Waals surface area (Å²) in [5.74, 6) is -0.909. The maximum absolute atomic E-state index is 13.5. The van der Waals surface area contributed by atoms with E-state index < -0.39 is 22.2 Å². The summed E-state index contributed by atoms with van der Waals surface area (Å²) < 4.78 is 0. The number of fused-ring (bicyclic) bond motifs is 3. The number of amides is 2. The molecule has 1 aromatic heterocycles. The van der Waals surface area contributed by atoms with Crippen molar-refractivity contribution in [3.63, 3.8) is 0 Å². The van der Waals surface area contributed by atoms with Crippen LogP contribution in [-0.2, 0) is 14.4 Å². The summed E-state index contributed by atoms with van der Waals surface area (Å²) in [5, 5.41) is 9.78. The second kappa shape index (κ2) is 6.51. The minimum atomic E-state index is -1.11. The van der Waals surface area contributed by atoms with Crippen LogP contribution in [-0.4, -0.2) is 32.9 Å². The summed E-state index contributed by atoms with van der Waals surface area (Å²) in [6.07, 6.45) is 0.795. The number of aliphatic carboxylic acids is 1. The summed E-state index contributed by atoms with van der Waals surface area (Å²) in [5.41, 5.74) is 0.210. The number of imidazole rings is 1. The number of carbonyl (C=O) groups is 3.